The lowest BCUT2D eigenvalue weighted by Gasteiger charge is -2.12. The molecule has 2 aromatic rings. The van der Waals surface area contributed by atoms with E-state index in [1.165, 1.54) is 6.20 Å². The molecule has 0 radical (unpaired) electrons. The molecule has 0 saturated carbocycles. The van der Waals surface area contributed by atoms with Crippen LogP contribution in [-0.4, -0.2) is 30.1 Å². The Kier molecular flexibility index (Phi) is 5.04. The molecule has 1 aromatic heterocycles. The molecule has 1 fully saturated rings. The van der Waals surface area contributed by atoms with Crippen LogP contribution in [0.3, 0.4) is 0 Å². The van der Waals surface area contributed by atoms with E-state index in [4.69, 9.17) is 10.00 Å². The van der Waals surface area contributed by atoms with Gasteiger partial charge in [0.15, 0.2) is 0 Å². The number of ether oxygens (including phenoxy) is 1. The Morgan fingerprint density at radius 2 is 2.25 bits per heavy atom. The molecule has 2 N–H and O–H groups in total. The minimum atomic E-state index is -0.185. The third-order valence-electron chi connectivity index (χ3n) is 3.84. The summed E-state index contributed by atoms with van der Waals surface area (Å²) in [4.78, 5) is 16.3. The first kappa shape index (κ1) is 16.0. The molecule has 0 bridgehead atoms. The summed E-state index contributed by atoms with van der Waals surface area (Å²) in [6, 6.07) is 11.0. The number of amides is 1. The van der Waals surface area contributed by atoms with E-state index in [0.717, 1.165) is 19.4 Å². The molecule has 1 aliphatic rings. The van der Waals surface area contributed by atoms with Crippen LogP contribution >= 0.6 is 0 Å². The van der Waals surface area contributed by atoms with Crippen LogP contribution < -0.4 is 10.6 Å². The second-order valence-corrected chi connectivity index (χ2v) is 5.59. The van der Waals surface area contributed by atoms with Gasteiger partial charge in [-0.2, -0.15) is 5.26 Å². The number of hydrogen-bond acceptors (Lipinski definition) is 5. The Balaban J connectivity index is 1.67. The maximum Gasteiger partial charge on any atom is 0.253 e. The normalized spacial score (nSPS) is 16.4. The van der Waals surface area contributed by atoms with E-state index in [1.54, 1.807) is 24.4 Å². The molecule has 2 heterocycles. The predicted molar refractivity (Wildman–Crippen MR) is 90.0 cm³/mol. The number of hydrogen-bond donors (Lipinski definition) is 2. The fraction of sp³-hybridized carbons (Fsp3) is 0.278. The van der Waals surface area contributed by atoms with Crippen LogP contribution in [0.2, 0.25) is 0 Å². The summed E-state index contributed by atoms with van der Waals surface area (Å²) in [5.41, 5.74) is 2.33. The number of nitriles is 1. The lowest BCUT2D eigenvalue weighted by atomic mass is 10.2. The summed E-state index contributed by atoms with van der Waals surface area (Å²) in [6.45, 7) is 1.27. The van der Waals surface area contributed by atoms with E-state index in [0.29, 0.717) is 29.0 Å². The van der Waals surface area contributed by atoms with Crippen molar-refractivity contribution >= 4 is 17.3 Å². The van der Waals surface area contributed by atoms with Gasteiger partial charge >= 0.3 is 0 Å². The molecule has 1 unspecified atom stereocenters. The summed E-state index contributed by atoms with van der Waals surface area (Å²) in [7, 11) is 0. The van der Waals surface area contributed by atoms with E-state index < -0.39 is 0 Å². The number of carbonyl (C=O) groups is 1. The molecular formula is C18H18N4O2. The van der Waals surface area contributed by atoms with Gasteiger partial charge in [-0.3, -0.25) is 9.78 Å². The molecule has 0 spiro atoms. The van der Waals surface area contributed by atoms with Crippen LogP contribution in [0.25, 0.3) is 0 Å². The molecule has 122 valence electrons. The van der Waals surface area contributed by atoms with Crippen molar-refractivity contribution in [2.45, 2.75) is 18.9 Å². The van der Waals surface area contributed by atoms with E-state index in [2.05, 4.69) is 21.7 Å². The van der Waals surface area contributed by atoms with Crippen molar-refractivity contribution in [3.63, 3.8) is 0 Å². The topological polar surface area (TPSA) is 87.0 Å². The molecule has 0 aliphatic carbocycles. The first-order chi connectivity index (χ1) is 11.8. The zero-order chi connectivity index (χ0) is 16.8. The molecule has 1 aliphatic heterocycles. The molecular weight excluding hydrogens is 304 g/mol. The van der Waals surface area contributed by atoms with Crippen molar-refractivity contribution in [2.75, 3.05) is 18.5 Å². The fourth-order valence-electron chi connectivity index (χ4n) is 2.59. The number of rotatable bonds is 5. The first-order valence-corrected chi connectivity index (χ1v) is 7.87. The number of anilines is 2. The monoisotopic (exact) mass is 322 g/mol. The zero-order valence-electron chi connectivity index (χ0n) is 13.2. The van der Waals surface area contributed by atoms with Gasteiger partial charge in [0.25, 0.3) is 5.91 Å². The van der Waals surface area contributed by atoms with E-state index in [-0.39, 0.29) is 12.0 Å². The summed E-state index contributed by atoms with van der Waals surface area (Å²) in [5, 5.41) is 15.1. The third-order valence-corrected chi connectivity index (χ3v) is 3.84. The molecule has 6 nitrogen and oxygen atoms in total. The van der Waals surface area contributed by atoms with E-state index in [9.17, 15) is 4.79 Å². The average Bonchev–Trinajstić information content (AvgIpc) is 3.14. The molecule has 1 aromatic carbocycles. The Hall–Kier alpha value is -2.91. The van der Waals surface area contributed by atoms with Crippen molar-refractivity contribution in [3.05, 3.63) is 53.9 Å². The van der Waals surface area contributed by atoms with Gasteiger partial charge in [-0.1, -0.05) is 12.1 Å². The van der Waals surface area contributed by atoms with Crippen molar-refractivity contribution in [1.82, 2.24) is 10.3 Å². The quantitative estimate of drug-likeness (QED) is 0.883. The number of para-hydroxylation sites is 1. The smallest absolute Gasteiger partial charge is 0.253 e. The van der Waals surface area contributed by atoms with Gasteiger partial charge in [0.1, 0.15) is 6.07 Å². The van der Waals surface area contributed by atoms with E-state index in [1.807, 2.05) is 12.1 Å². The maximum absolute atomic E-state index is 12.2. The number of nitrogens with one attached hydrogen (secondary N) is 2. The lowest BCUT2D eigenvalue weighted by molar-refractivity contribution is 0.0857. The second-order valence-electron chi connectivity index (χ2n) is 5.59. The minimum Gasteiger partial charge on any atom is -0.376 e. The van der Waals surface area contributed by atoms with Crippen molar-refractivity contribution in [1.29, 1.82) is 5.26 Å². The predicted octanol–water partition coefficient (Wildman–Crippen LogP) is 2.61. The SMILES string of the molecule is N#Cc1ccccc1Nc1cncc(C(=O)NCC2CCCO2)c1. The van der Waals surface area contributed by atoms with Crippen LogP contribution in [0.1, 0.15) is 28.8 Å². The maximum atomic E-state index is 12.2. The highest BCUT2D eigenvalue weighted by molar-refractivity contribution is 5.94. The van der Waals surface area contributed by atoms with Gasteiger partial charge in [0.05, 0.1) is 34.8 Å². The molecule has 24 heavy (non-hydrogen) atoms. The van der Waals surface area contributed by atoms with Gasteiger partial charge in [-0.05, 0) is 31.0 Å². The standard InChI is InChI=1S/C18H18N4O2/c19-9-13-4-1-2-6-17(13)22-15-8-14(10-20-11-15)18(23)21-12-16-5-3-7-24-16/h1-2,4,6,8,10-11,16,22H,3,5,7,12H2,(H,21,23). The Morgan fingerprint density at radius 1 is 1.38 bits per heavy atom. The van der Waals surface area contributed by atoms with Gasteiger partial charge < -0.3 is 15.4 Å². The highest BCUT2D eigenvalue weighted by Gasteiger charge is 2.17. The molecule has 1 atom stereocenters. The van der Waals surface area contributed by atoms with Gasteiger partial charge in [0, 0.05) is 19.3 Å². The summed E-state index contributed by atoms with van der Waals surface area (Å²) in [6.07, 6.45) is 5.26. The first-order valence-electron chi connectivity index (χ1n) is 7.87. The number of nitrogens with zero attached hydrogens (tertiary/aromatic N) is 2. The largest absolute Gasteiger partial charge is 0.376 e. The van der Waals surface area contributed by atoms with Crippen LogP contribution in [-0.2, 0) is 4.74 Å². The van der Waals surface area contributed by atoms with Gasteiger partial charge in [-0.25, -0.2) is 0 Å². The lowest BCUT2D eigenvalue weighted by Crippen LogP contribution is -2.31. The molecule has 3 rings (SSSR count). The van der Waals surface area contributed by atoms with Crippen molar-refractivity contribution in [2.24, 2.45) is 0 Å². The van der Waals surface area contributed by atoms with Gasteiger partial charge in [-0.15, -0.1) is 0 Å². The number of benzene rings is 1. The zero-order valence-corrected chi connectivity index (χ0v) is 13.2. The Labute approximate surface area is 140 Å². The number of carbonyl (C=O) groups excluding carboxylic acids is 1. The minimum absolute atomic E-state index is 0.103. The number of pyridine rings is 1. The van der Waals surface area contributed by atoms with Crippen molar-refractivity contribution < 1.29 is 9.53 Å². The summed E-state index contributed by atoms with van der Waals surface area (Å²) >= 11 is 0. The molecule has 6 heteroatoms. The highest BCUT2D eigenvalue weighted by Crippen LogP contribution is 2.20. The average molecular weight is 322 g/mol. The third kappa shape index (κ3) is 3.89. The van der Waals surface area contributed by atoms with E-state index >= 15 is 0 Å². The second kappa shape index (κ2) is 7.57. The number of aromatic nitrogens is 1. The van der Waals surface area contributed by atoms with Crippen LogP contribution in [0.5, 0.6) is 0 Å². The Morgan fingerprint density at radius 3 is 3.04 bits per heavy atom. The fourth-order valence-corrected chi connectivity index (χ4v) is 2.59. The van der Waals surface area contributed by atoms with Gasteiger partial charge in [0.2, 0.25) is 0 Å². The highest BCUT2D eigenvalue weighted by atomic mass is 16.5. The van der Waals surface area contributed by atoms with Crippen LogP contribution in [0.4, 0.5) is 11.4 Å². The molecule has 1 saturated heterocycles. The molecule has 1 amide bonds. The van der Waals surface area contributed by atoms with Crippen LogP contribution in [0, 0.1) is 11.3 Å². The van der Waals surface area contributed by atoms with Crippen molar-refractivity contribution in [3.8, 4) is 6.07 Å². The van der Waals surface area contributed by atoms with Crippen LogP contribution in [0.15, 0.2) is 42.7 Å². The summed E-state index contributed by atoms with van der Waals surface area (Å²) < 4.78 is 5.49. The summed E-state index contributed by atoms with van der Waals surface area (Å²) in [5.74, 6) is -0.185. The Bertz CT molecular complexity index is 764.